The van der Waals surface area contributed by atoms with Gasteiger partial charge in [-0.2, -0.15) is 18.3 Å². The van der Waals surface area contributed by atoms with Gasteiger partial charge in [0.2, 0.25) is 0 Å². The predicted octanol–water partition coefficient (Wildman–Crippen LogP) is 5.86. The Hall–Kier alpha value is -3.33. The molecule has 192 valence electrons. The van der Waals surface area contributed by atoms with Crippen LogP contribution in [-0.2, 0) is 18.3 Å². The Morgan fingerprint density at radius 3 is 2.62 bits per heavy atom. The first-order valence-electron chi connectivity index (χ1n) is 12.5. The highest BCUT2D eigenvalue weighted by atomic mass is 19.4. The molecule has 9 heteroatoms. The molecule has 0 amide bonds. The summed E-state index contributed by atoms with van der Waals surface area (Å²) < 4.78 is 56.9. The van der Waals surface area contributed by atoms with Gasteiger partial charge in [-0.05, 0) is 98.9 Å². The van der Waals surface area contributed by atoms with Gasteiger partial charge in [0, 0.05) is 28.4 Å². The molecule has 0 radical (unpaired) electrons. The van der Waals surface area contributed by atoms with Crippen molar-refractivity contribution in [3.05, 3.63) is 83.7 Å². The number of halogens is 4. The van der Waals surface area contributed by atoms with Gasteiger partial charge >= 0.3 is 6.18 Å². The first-order chi connectivity index (χ1) is 17.7. The van der Waals surface area contributed by atoms with E-state index in [-0.39, 0.29) is 31.0 Å². The lowest BCUT2D eigenvalue weighted by Crippen LogP contribution is -2.55. The van der Waals surface area contributed by atoms with Crippen molar-refractivity contribution in [3.8, 4) is 5.69 Å². The Morgan fingerprint density at radius 1 is 1.08 bits per heavy atom. The number of pyridine rings is 2. The Labute approximate surface area is 211 Å². The minimum absolute atomic E-state index is 0.177. The molecule has 1 fully saturated rings. The van der Waals surface area contributed by atoms with Gasteiger partial charge in [-0.25, -0.2) is 14.1 Å². The van der Waals surface area contributed by atoms with E-state index in [4.69, 9.17) is 4.98 Å². The third-order valence-corrected chi connectivity index (χ3v) is 8.30. The monoisotopic (exact) mass is 510 g/mol. The van der Waals surface area contributed by atoms with E-state index in [9.17, 15) is 22.7 Å². The molecule has 0 saturated heterocycles. The standard InChI is InChI=1S/C28H26F4N4O/c29-20-7-9-22(10-8-20)36-25-18(17-34-36)14-23-24(35-25)6-3-4-19-15-27(37,28(30,31)32)12-11-26(19,23)16-21-5-1-2-13-33-21/h1-2,5,7-10,13-14,17,19,37H,3-4,6,11-12,15-16H2/t19?,26?,27-/m1/s1. The van der Waals surface area contributed by atoms with Crippen molar-refractivity contribution in [3.63, 3.8) is 0 Å². The normalized spacial score (nSPS) is 25.9. The maximum Gasteiger partial charge on any atom is 0.417 e. The fraction of sp³-hybridized carbons (Fsp3) is 0.393. The molecule has 2 unspecified atom stereocenters. The largest absolute Gasteiger partial charge is 0.417 e. The molecule has 0 aliphatic heterocycles. The van der Waals surface area contributed by atoms with Gasteiger partial charge < -0.3 is 5.11 Å². The number of hydrogen-bond acceptors (Lipinski definition) is 4. The molecule has 6 rings (SSSR count). The van der Waals surface area contributed by atoms with Crippen LogP contribution in [-0.4, -0.2) is 36.6 Å². The average molecular weight is 511 g/mol. The van der Waals surface area contributed by atoms with Crippen LogP contribution in [0.25, 0.3) is 16.7 Å². The number of hydrogen-bond donors (Lipinski definition) is 1. The second kappa shape index (κ2) is 8.62. The average Bonchev–Trinajstić information content (AvgIpc) is 3.22. The van der Waals surface area contributed by atoms with E-state index in [1.807, 2.05) is 24.3 Å². The van der Waals surface area contributed by atoms with Crippen molar-refractivity contribution in [1.82, 2.24) is 19.7 Å². The maximum absolute atomic E-state index is 13.9. The van der Waals surface area contributed by atoms with Crippen molar-refractivity contribution < 1.29 is 22.7 Å². The van der Waals surface area contributed by atoms with Gasteiger partial charge in [-0.1, -0.05) is 6.07 Å². The quantitative estimate of drug-likeness (QED) is 0.351. The molecule has 3 aromatic heterocycles. The number of benzene rings is 1. The minimum Gasteiger partial charge on any atom is -0.380 e. The molecule has 1 N–H and O–H groups in total. The zero-order chi connectivity index (χ0) is 25.8. The molecule has 5 nitrogen and oxygen atoms in total. The van der Waals surface area contributed by atoms with Crippen molar-refractivity contribution in [1.29, 1.82) is 0 Å². The first-order valence-corrected chi connectivity index (χ1v) is 12.5. The molecule has 3 heterocycles. The zero-order valence-corrected chi connectivity index (χ0v) is 20.0. The third-order valence-electron chi connectivity index (χ3n) is 8.30. The molecule has 0 spiro atoms. The van der Waals surface area contributed by atoms with Crippen LogP contribution in [0.1, 0.15) is 49.1 Å². The van der Waals surface area contributed by atoms with Gasteiger partial charge in [-0.3, -0.25) is 4.98 Å². The number of nitrogens with zero attached hydrogens (tertiary/aromatic N) is 4. The van der Waals surface area contributed by atoms with Crippen LogP contribution in [0.15, 0.2) is 60.9 Å². The van der Waals surface area contributed by atoms with Gasteiger partial charge in [0.25, 0.3) is 0 Å². The molecule has 3 atom stereocenters. The second-order valence-corrected chi connectivity index (χ2v) is 10.4. The predicted molar refractivity (Wildman–Crippen MR) is 130 cm³/mol. The van der Waals surface area contributed by atoms with Gasteiger partial charge in [0.1, 0.15) is 5.82 Å². The van der Waals surface area contributed by atoms with E-state index in [2.05, 4.69) is 10.1 Å². The summed E-state index contributed by atoms with van der Waals surface area (Å²) in [5.41, 5.74) is 0.534. The van der Waals surface area contributed by atoms with Crippen LogP contribution < -0.4 is 0 Å². The molecule has 2 aliphatic carbocycles. The second-order valence-electron chi connectivity index (χ2n) is 10.4. The smallest absolute Gasteiger partial charge is 0.380 e. The number of aliphatic hydroxyl groups is 1. The number of fused-ring (bicyclic) bond motifs is 4. The molecule has 0 bridgehead atoms. The van der Waals surface area contributed by atoms with Crippen LogP contribution in [0, 0.1) is 11.7 Å². The summed E-state index contributed by atoms with van der Waals surface area (Å²) in [6, 6.07) is 13.6. The SMILES string of the molecule is O[C@]1(C(F)(F)F)CCC2(Cc3ccccn3)c3cc4cnn(-c5ccc(F)cc5)c4nc3CCCC2C1. The fourth-order valence-electron chi connectivity index (χ4n) is 6.39. The first kappa shape index (κ1) is 24.0. The zero-order valence-electron chi connectivity index (χ0n) is 20.0. The topological polar surface area (TPSA) is 63.8 Å². The summed E-state index contributed by atoms with van der Waals surface area (Å²) in [5.74, 6) is -0.733. The van der Waals surface area contributed by atoms with Gasteiger partial charge in [-0.15, -0.1) is 0 Å². The lowest BCUT2D eigenvalue weighted by atomic mass is 9.56. The number of aromatic nitrogens is 4. The summed E-state index contributed by atoms with van der Waals surface area (Å²) in [6.45, 7) is 0. The third kappa shape index (κ3) is 4.00. The van der Waals surface area contributed by atoms with Crippen molar-refractivity contribution in [2.75, 3.05) is 0 Å². The van der Waals surface area contributed by atoms with Crippen LogP contribution in [0.4, 0.5) is 17.6 Å². The van der Waals surface area contributed by atoms with Gasteiger partial charge in [0.15, 0.2) is 11.2 Å². The molecular formula is C28H26F4N4O. The molecule has 1 aromatic carbocycles. The van der Waals surface area contributed by atoms with Crippen LogP contribution in [0.3, 0.4) is 0 Å². The van der Waals surface area contributed by atoms with E-state index >= 15 is 0 Å². The lowest BCUT2D eigenvalue weighted by molar-refractivity contribution is -0.279. The minimum atomic E-state index is -4.68. The highest BCUT2D eigenvalue weighted by Crippen LogP contribution is 2.56. The Balaban J connectivity index is 1.50. The van der Waals surface area contributed by atoms with E-state index in [0.717, 1.165) is 22.3 Å². The molecular weight excluding hydrogens is 484 g/mol. The van der Waals surface area contributed by atoms with E-state index in [0.29, 0.717) is 37.0 Å². The Kier molecular flexibility index (Phi) is 5.60. The van der Waals surface area contributed by atoms with Crippen LogP contribution >= 0.6 is 0 Å². The summed E-state index contributed by atoms with van der Waals surface area (Å²) in [4.78, 5) is 9.51. The van der Waals surface area contributed by atoms with Crippen LogP contribution in [0.2, 0.25) is 0 Å². The summed E-state index contributed by atoms with van der Waals surface area (Å²) in [5, 5.41) is 15.9. The van der Waals surface area contributed by atoms with Crippen molar-refractivity contribution >= 4 is 11.0 Å². The molecule has 1 saturated carbocycles. The van der Waals surface area contributed by atoms with E-state index in [1.54, 1.807) is 29.2 Å². The number of alkyl halides is 3. The summed E-state index contributed by atoms with van der Waals surface area (Å²) >= 11 is 0. The lowest BCUT2D eigenvalue weighted by Gasteiger charge is -2.50. The molecule has 2 aliphatic rings. The Morgan fingerprint density at radius 2 is 1.89 bits per heavy atom. The van der Waals surface area contributed by atoms with Crippen LogP contribution in [0.5, 0.6) is 0 Å². The fourth-order valence-corrected chi connectivity index (χ4v) is 6.39. The van der Waals surface area contributed by atoms with Crippen molar-refractivity contribution in [2.45, 2.75) is 62.1 Å². The summed E-state index contributed by atoms with van der Waals surface area (Å²) in [7, 11) is 0. The van der Waals surface area contributed by atoms with E-state index < -0.39 is 17.2 Å². The molecule has 4 aromatic rings. The highest BCUT2D eigenvalue weighted by molar-refractivity contribution is 5.78. The van der Waals surface area contributed by atoms with Gasteiger partial charge in [0.05, 0.1) is 11.9 Å². The van der Waals surface area contributed by atoms with E-state index in [1.165, 1.54) is 12.1 Å². The highest BCUT2D eigenvalue weighted by Gasteiger charge is 2.61. The Bertz CT molecular complexity index is 1440. The molecule has 37 heavy (non-hydrogen) atoms. The summed E-state index contributed by atoms with van der Waals surface area (Å²) in [6.07, 6.45) is 0.483. The van der Waals surface area contributed by atoms with Crippen molar-refractivity contribution in [2.24, 2.45) is 5.92 Å². The maximum atomic E-state index is 13.9. The number of rotatable bonds is 3. The number of aryl methyl sites for hydroxylation is 1.